The summed E-state index contributed by atoms with van der Waals surface area (Å²) < 4.78 is 0. The van der Waals surface area contributed by atoms with Crippen LogP contribution in [0.25, 0.3) is 0 Å². The third-order valence-corrected chi connectivity index (χ3v) is 4.70. The van der Waals surface area contributed by atoms with Crippen LogP contribution < -0.4 is 0 Å². The second kappa shape index (κ2) is 4.58. The Kier molecular flexibility index (Phi) is 3.50. The molecule has 1 atom stereocenters. The Labute approximate surface area is 120 Å². The molecule has 1 aromatic rings. The molecule has 106 valence electrons. The minimum absolute atomic E-state index is 0.00933. The summed E-state index contributed by atoms with van der Waals surface area (Å²) in [5.41, 5.74) is 2.84. The number of aromatic nitrogens is 1. The van der Waals surface area contributed by atoms with Crippen molar-refractivity contribution < 1.29 is 4.79 Å². The van der Waals surface area contributed by atoms with Crippen LogP contribution in [0.5, 0.6) is 0 Å². The summed E-state index contributed by atoms with van der Waals surface area (Å²) in [6.07, 6.45) is 0.772. The summed E-state index contributed by atoms with van der Waals surface area (Å²) in [6, 6.07) is 0. The first-order valence-corrected chi connectivity index (χ1v) is 7.71. The van der Waals surface area contributed by atoms with E-state index in [9.17, 15) is 4.79 Å². The lowest BCUT2D eigenvalue weighted by atomic mass is 9.77. The van der Waals surface area contributed by atoms with E-state index in [2.05, 4.69) is 46.5 Å². The Bertz CT molecular complexity index is 439. The van der Waals surface area contributed by atoms with E-state index in [0.717, 1.165) is 12.1 Å². The van der Waals surface area contributed by atoms with Gasteiger partial charge >= 0.3 is 0 Å². The zero-order valence-corrected chi connectivity index (χ0v) is 13.6. The van der Waals surface area contributed by atoms with Gasteiger partial charge in [0, 0.05) is 22.8 Å². The van der Waals surface area contributed by atoms with Gasteiger partial charge in [-0.3, -0.25) is 4.79 Å². The van der Waals surface area contributed by atoms with Crippen LogP contribution in [0.4, 0.5) is 0 Å². The standard InChI is InChI=1S/C15H24N2OS/c1-14(2,3)10-7-11-12(19-9-16-11)8-17(13(10)18)15(4,5)6/h9-10H,7-8H2,1-6H3. The molecule has 2 heterocycles. The van der Waals surface area contributed by atoms with Crippen molar-refractivity contribution >= 4 is 17.2 Å². The van der Waals surface area contributed by atoms with Crippen molar-refractivity contribution in [3.8, 4) is 0 Å². The average molecular weight is 280 g/mol. The molecule has 0 N–H and O–H groups in total. The molecule has 3 nitrogen and oxygen atoms in total. The SMILES string of the molecule is CC(C)(C)C1Cc2ncsc2CN(C(C)(C)C)C1=O. The number of hydrogen-bond donors (Lipinski definition) is 0. The van der Waals surface area contributed by atoms with Crippen molar-refractivity contribution in [1.29, 1.82) is 0 Å². The van der Waals surface area contributed by atoms with Gasteiger partial charge < -0.3 is 4.90 Å². The van der Waals surface area contributed by atoms with Gasteiger partial charge in [-0.1, -0.05) is 20.8 Å². The number of thiazole rings is 1. The summed E-state index contributed by atoms with van der Waals surface area (Å²) in [7, 11) is 0. The summed E-state index contributed by atoms with van der Waals surface area (Å²) in [6.45, 7) is 13.5. The molecule has 1 amide bonds. The highest BCUT2D eigenvalue weighted by Crippen LogP contribution is 2.37. The van der Waals surface area contributed by atoms with E-state index in [-0.39, 0.29) is 22.8 Å². The molecule has 0 aromatic carbocycles. The van der Waals surface area contributed by atoms with Crippen LogP contribution in [0.15, 0.2) is 5.51 Å². The molecular formula is C15H24N2OS. The first kappa shape index (κ1) is 14.5. The maximum atomic E-state index is 12.9. The Morgan fingerprint density at radius 2 is 1.89 bits per heavy atom. The molecule has 0 saturated heterocycles. The molecule has 0 fully saturated rings. The largest absolute Gasteiger partial charge is 0.332 e. The van der Waals surface area contributed by atoms with Gasteiger partial charge in [0.1, 0.15) is 0 Å². The molecule has 1 aromatic heterocycles. The maximum absolute atomic E-state index is 12.9. The molecule has 0 aliphatic carbocycles. The molecule has 1 unspecified atom stereocenters. The highest BCUT2D eigenvalue weighted by molar-refractivity contribution is 7.09. The van der Waals surface area contributed by atoms with Gasteiger partial charge in [0.15, 0.2) is 0 Å². The second-order valence-electron chi connectivity index (χ2n) is 7.44. The van der Waals surface area contributed by atoms with Gasteiger partial charge in [-0.15, -0.1) is 11.3 Å². The van der Waals surface area contributed by atoms with Crippen LogP contribution in [0.1, 0.15) is 52.1 Å². The van der Waals surface area contributed by atoms with Crippen LogP contribution in [0.2, 0.25) is 0 Å². The van der Waals surface area contributed by atoms with Crippen LogP contribution in [-0.2, 0) is 17.8 Å². The Morgan fingerprint density at radius 3 is 2.42 bits per heavy atom. The fraction of sp³-hybridized carbons (Fsp3) is 0.733. The fourth-order valence-corrected chi connectivity index (χ4v) is 3.31. The highest BCUT2D eigenvalue weighted by atomic mass is 32.1. The number of fused-ring (bicyclic) bond motifs is 1. The Hall–Kier alpha value is -0.900. The molecule has 4 heteroatoms. The van der Waals surface area contributed by atoms with E-state index >= 15 is 0 Å². The van der Waals surface area contributed by atoms with E-state index in [1.807, 2.05) is 10.4 Å². The first-order chi connectivity index (χ1) is 8.60. The van der Waals surface area contributed by atoms with E-state index in [0.29, 0.717) is 6.54 Å². The monoisotopic (exact) mass is 280 g/mol. The number of amides is 1. The minimum Gasteiger partial charge on any atom is -0.332 e. The van der Waals surface area contributed by atoms with Crippen molar-refractivity contribution in [2.24, 2.45) is 11.3 Å². The predicted molar refractivity (Wildman–Crippen MR) is 79.1 cm³/mol. The molecule has 0 spiro atoms. The van der Waals surface area contributed by atoms with Crippen molar-refractivity contribution in [2.45, 2.75) is 60.0 Å². The van der Waals surface area contributed by atoms with Crippen LogP contribution in [0, 0.1) is 11.3 Å². The minimum atomic E-state index is -0.147. The number of carbonyl (C=O) groups is 1. The second-order valence-corrected chi connectivity index (χ2v) is 8.38. The zero-order valence-electron chi connectivity index (χ0n) is 12.8. The molecule has 1 aliphatic rings. The van der Waals surface area contributed by atoms with Crippen LogP contribution >= 0.6 is 11.3 Å². The lowest BCUT2D eigenvalue weighted by molar-refractivity contribution is -0.144. The summed E-state index contributed by atoms with van der Waals surface area (Å²) >= 11 is 1.67. The number of carbonyl (C=O) groups excluding carboxylic acids is 1. The van der Waals surface area contributed by atoms with Crippen molar-refractivity contribution in [3.63, 3.8) is 0 Å². The van der Waals surface area contributed by atoms with E-state index < -0.39 is 0 Å². The molecular weight excluding hydrogens is 256 g/mol. The quantitative estimate of drug-likeness (QED) is 0.729. The lowest BCUT2D eigenvalue weighted by Crippen LogP contribution is -2.49. The molecule has 0 radical (unpaired) electrons. The fourth-order valence-electron chi connectivity index (χ4n) is 2.52. The molecule has 1 aliphatic heterocycles. The zero-order chi connectivity index (χ0) is 14.4. The van der Waals surface area contributed by atoms with Crippen molar-refractivity contribution in [3.05, 3.63) is 16.1 Å². The molecule has 0 bridgehead atoms. The number of rotatable bonds is 0. The highest BCUT2D eigenvalue weighted by Gasteiger charge is 2.41. The lowest BCUT2D eigenvalue weighted by Gasteiger charge is -2.39. The molecule has 2 rings (SSSR count). The van der Waals surface area contributed by atoms with E-state index in [1.54, 1.807) is 11.3 Å². The topological polar surface area (TPSA) is 33.2 Å². The van der Waals surface area contributed by atoms with Gasteiger partial charge in [-0.05, 0) is 26.2 Å². The van der Waals surface area contributed by atoms with Crippen molar-refractivity contribution in [1.82, 2.24) is 9.88 Å². The molecule has 19 heavy (non-hydrogen) atoms. The third kappa shape index (κ3) is 2.83. The summed E-state index contributed by atoms with van der Waals surface area (Å²) in [4.78, 5) is 20.6. The van der Waals surface area contributed by atoms with Crippen molar-refractivity contribution in [2.75, 3.05) is 0 Å². The Balaban J connectivity index is 2.46. The summed E-state index contributed by atoms with van der Waals surface area (Å²) in [5.74, 6) is 0.278. The van der Waals surface area contributed by atoms with E-state index in [4.69, 9.17) is 0 Å². The van der Waals surface area contributed by atoms with E-state index in [1.165, 1.54) is 4.88 Å². The van der Waals surface area contributed by atoms with Crippen LogP contribution in [-0.4, -0.2) is 21.3 Å². The number of nitrogens with zero attached hydrogens (tertiary/aromatic N) is 2. The number of hydrogen-bond acceptors (Lipinski definition) is 3. The molecule has 0 saturated carbocycles. The maximum Gasteiger partial charge on any atom is 0.227 e. The van der Waals surface area contributed by atoms with Gasteiger partial charge in [0.25, 0.3) is 0 Å². The van der Waals surface area contributed by atoms with Crippen LogP contribution in [0.3, 0.4) is 0 Å². The normalized spacial score (nSPS) is 21.3. The Morgan fingerprint density at radius 1 is 1.26 bits per heavy atom. The third-order valence-electron chi connectivity index (χ3n) is 3.84. The summed E-state index contributed by atoms with van der Waals surface area (Å²) in [5, 5.41) is 0. The predicted octanol–water partition coefficient (Wildman–Crippen LogP) is 3.49. The van der Waals surface area contributed by atoms with Gasteiger partial charge in [-0.25, -0.2) is 4.98 Å². The van der Waals surface area contributed by atoms with Gasteiger partial charge in [0.2, 0.25) is 5.91 Å². The van der Waals surface area contributed by atoms with Gasteiger partial charge in [-0.2, -0.15) is 0 Å². The smallest absolute Gasteiger partial charge is 0.227 e. The van der Waals surface area contributed by atoms with Gasteiger partial charge in [0.05, 0.1) is 17.7 Å². The first-order valence-electron chi connectivity index (χ1n) is 6.83. The average Bonchev–Trinajstić information content (AvgIpc) is 2.60.